The largest absolute Gasteiger partial charge is 0.375 e. The minimum Gasteiger partial charge on any atom is -0.375 e. The molecule has 2 aliphatic rings. The van der Waals surface area contributed by atoms with Crippen molar-refractivity contribution in [1.29, 1.82) is 0 Å². The first-order valence-electron chi connectivity index (χ1n) is 7.40. The Kier molecular flexibility index (Phi) is 4.14. The van der Waals surface area contributed by atoms with Crippen molar-refractivity contribution in [2.45, 2.75) is 65.0 Å². The molecule has 2 heterocycles. The van der Waals surface area contributed by atoms with Crippen molar-refractivity contribution >= 4 is 0 Å². The fourth-order valence-corrected chi connectivity index (χ4v) is 3.26. The van der Waals surface area contributed by atoms with Crippen molar-refractivity contribution in [2.75, 3.05) is 19.7 Å². The van der Waals surface area contributed by atoms with Crippen LogP contribution in [0.5, 0.6) is 0 Å². The van der Waals surface area contributed by atoms with E-state index in [9.17, 15) is 0 Å². The zero-order valence-corrected chi connectivity index (χ0v) is 12.0. The Morgan fingerprint density at radius 3 is 2.12 bits per heavy atom. The van der Waals surface area contributed by atoms with Gasteiger partial charge in [-0.05, 0) is 51.4 Å². The summed E-state index contributed by atoms with van der Waals surface area (Å²) in [6.45, 7) is 12.7. The number of ether oxygens (including phenoxy) is 1. The second-order valence-electron chi connectivity index (χ2n) is 6.67. The fourth-order valence-electron chi connectivity index (χ4n) is 3.26. The van der Waals surface area contributed by atoms with Crippen LogP contribution in [-0.2, 0) is 4.74 Å². The van der Waals surface area contributed by atoms with Crippen LogP contribution < -0.4 is 0 Å². The van der Waals surface area contributed by atoms with Crippen molar-refractivity contribution in [3.05, 3.63) is 0 Å². The molecule has 2 saturated heterocycles. The third-order valence-corrected chi connectivity index (χ3v) is 4.96. The smallest absolute Gasteiger partial charge is 0.0707 e. The predicted octanol–water partition coefficient (Wildman–Crippen LogP) is 3.31. The molecule has 0 aromatic rings. The molecule has 1 atom stereocenters. The number of hydrogen-bond donors (Lipinski definition) is 0. The van der Waals surface area contributed by atoms with E-state index in [1.807, 2.05) is 0 Å². The van der Waals surface area contributed by atoms with E-state index in [2.05, 4.69) is 32.6 Å². The lowest BCUT2D eigenvalue weighted by Crippen LogP contribution is -2.50. The predicted molar refractivity (Wildman–Crippen MR) is 72.2 cm³/mol. The quantitative estimate of drug-likeness (QED) is 0.733. The van der Waals surface area contributed by atoms with Gasteiger partial charge < -0.3 is 9.64 Å². The first-order valence-corrected chi connectivity index (χ1v) is 7.40. The topological polar surface area (TPSA) is 12.5 Å². The lowest BCUT2D eigenvalue weighted by atomic mass is 9.79. The highest BCUT2D eigenvalue weighted by Gasteiger charge is 2.39. The van der Waals surface area contributed by atoms with Crippen LogP contribution in [0.25, 0.3) is 0 Å². The average molecular weight is 239 g/mol. The Bertz CT molecular complexity index is 204. The SMILES string of the molecule is CC(C)C1CCC2(CCN(C(C)C)CC2)OC1. The summed E-state index contributed by atoms with van der Waals surface area (Å²) < 4.78 is 6.28. The van der Waals surface area contributed by atoms with E-state index in [0.29, 0.717) is 6.04 Å². The summed E-state index contributed by atoms with van der Waals surface area (Å²) in [5.74, 6) is 1.58. The summed E-state index contributed by atoms with van der Waals surface area (Å²) in [6, 6.07) is 0.694. The summed E-state index contributed by atoms with van der Waals surface area (Å²) >= 11 is 0. The first-order chi connectivity index (χ1) is 8.02. The molecule has 0 amide bonds. The van der Waals surface area contributed by atoms with Crippen LogP contribution >= 0.6 is 0 Å². The molecule has 2 nitrogen and oxygen atoms in total. The van der Waals surface area contributed by atoms with Gasteiger partial charge in [0.05, 0.1) is 12.2 Å². The summed E-state index contributed by atoms with van der Waals surface area (Å²) in [4.78, 5) is 2.59. The minimum absolute atomic E-state index is 0.247. The second-order valence-corrected chi connectivity index (χ2v) is 6.67. The Morgan fingerprint density at radius 1 is 1.06 bits per heavy atom. The van der Waals surface area contributed by atoms with Gasteiger partial charge >= 0.3 is 0 Å². The zero-order valence-electron chi connectivity index (χ0n) is 12.0. The summed E-state index contributed by atoms with van der Waals surface area (Å²) in [6.07, 6.45) is 5.16. The van der Waals surface area contributed by atoms with Gasteiger partial charge in [0, 0.05) is 19.1 Å². The molecule has 1 spiro atoms. The fraction of sp³-hybridized carbons (Fsp3) is 1.00. The third kappa shape index (κ3) is 3.03. The molecule has 0 radical (unpaired) electrons. The number of hydrogen-bond acceptors (Lipinski definition) is 2. The van der Waals surface area contributed by atoms with Gasteiger partial charge in [0.25, 0.3) is 0 Å². The van der Waals surface area contributed by atoms with E-state index >= 15 is 0 Å². The van der Waals surface area contributed by atoms with E-state index in [0.717, 1.165) is 18.4 Å². The van der Waals surface area contributed by atoms with Gasteiger partial charge in [-0.15, -0.1) is 0 Å². The molecule has 1 unspecified atom stereocenters. The molecule has 0 saturated carbocycles. The minimum atomic E-state index is 0.247. The third-order valence-electron chi connectivity index (χ3n) is 4.96. The Hall–Kier alpha value is -0.0800. The number of nitrogens with zero attached hydrogens (tertiary/aromatic N) is 1. The molecule has 0 aliphatic carbocycles. The molecule has 0 bridgehead atoms. The van der Waals surface area contributed by atoms with Crippen molar-refractivity contribution in [2.24, 2.45) is 11.8 Å². The van der Waals surface area contributed by atoms with E-state index in [1.54, 1.807) is 0 Å². The van der Waals surface area contributed by atoms with Crippen molar-refractivity contribution in [3.63, 3.8) is 0 Å². The molecule has 0 aromatic carbocycles. The zero-order chi connectivity index (χ0) is 12.5. The first kappa shape index (κ1) is 13.4. The van der Waals surface area contributed by atoms with E-state index in [1.165, 1.54) is 38.8 Å². The van der Waals surface area contributed by atoms with Gasteiger partial charge in [-0.2, -0.15) is 0 Å². The Morgan fingerprint density at radius 2 is 1.71 bits per heavy atom. The van der Waals surface area contributed by atoms with E-state index in [-0.39, 0.29) is 5.60 Å². The van der Waals surface area contributed by atoms with Gasteiger partial charge in [0.2, 0.25) is 0 Å². The van der Waals surface area contributed by atoms with Crippen LogP contribution in [-0.4, -0.2) is 36.2 Å². The maximum absolute atomic E-state index is 6.28. The van der Waals surface area contributed by atoms with Crippen molar-refractivity contribution in [1.82, 2.24) is 4.90 Å². The molecule has 100 valence electrons. The van der Waals surface area contributed by atoms with Gasteiger partial charge in [0.15, 0.2) is 0 Å². The summed E-state index contributed by atoms with van der Waals surface area (Å²) in [5, 5.41) is 0. The van der Waals surface area contributed by atoms with Crippen LogP contribution in [0.15, 0.2) is 0 Å². The summed E-state index contributed by atoms with van der Waals surface area (Å²) in [7, 11) is 0. The number of rotatable bonds is 2. The molecule has 0 aromatic heterocycles. The number of piperidine rings is 1. The highest BCUT2D eigenvalue weighted by molar-refractivity contribution is 4.92. The van der Waals surface area contributed by atoms with Crippen LogP contribution in [0, 0.1) is 11.8 Å². The molecule has 17 heavy (non-hydrogen) atoms. The van der Waals surface area contributed by atoms with Crippen LogP contribution in [0.1, 0.15) is 53.4 Å². The monoisotopic (exact) mass is 239 g/mol. The van der Waals surface area contributed by atoms with E-state index in [4.69, 9.17) is 4.74 Å². The molecule has 2 aliphatic heterocycles. The standard InChI is InChI=1S/C15H29NO/c1-12(2)14-5-6-15(17-11-14)7-9-16(10-8-15)13(3)4/h12-14H,5-11H2,1-4H3. The van der Waals surface area contributed by atoms with Crippen LogP contribution in [0.2, 0.25) is 0 Å². The Balaban J connectivity index is 1.84. The molecule has 2 heteroatoms. The van der Waals surface area contributed by atoms with Crippen molar-refractivity contribution in [3.8, 4) is 0 Å². The van der Waals surface area contributed by atoms with Gasteiger partial charge in [-0.3, -0.25) is 0 Å². The normalized spacial score (nSPS) is 30.4. The van der Waals surface area contributed by atoms with Crippen molar-refractivity contribution < 1.29 is 4.74 Å². The van der Waals surface area contributed by atoms with Gasteiger partial charge in [-0.1, -0.05) is 13.8 Å². The van der Waals surface area contributed by atoms with Crippen LogP contribution in [0.4, 0.5) is 0 Å². The highest BCUT2D eigenvalue weighted by atomic mass is 16.5. The van der Waals surface area contributed by atoms with Crippen LogP contribution in [0.3, 0.4) is 0 Å². The maximum atomic E-state index is 6.28. The number of likely N-dealkylation sites (tertiary alicyclic amines) is 1. The molecular formula is C15H29NO. The molecule has 2 fully saturated rings. The average Bonchev–Trinajstić information content (AvgIpc) is 2.30. The van der Waals surface area contributed by atoms with E-state index < -0.39 is 0 Å². The maximum Gasteiger partial charge on any atom is 0.0707 e. The second kappa shape index (κ2) is 5.27. The molecular weight excluding hydrogens is 210 g/mol. The molecule has 2 rings (SSSR count). The summed E-state index contributed by atoms with van der Waals surface area (Å²) in [5.41, 5.74) is 0.247. The molecule has 0 N–H and O–H groups in total. The Labute approximate surface area is 107 Å². The lowest BCUT2D eigenvalue weighted by molar-refractivity contribution is -0.137. The van der Waals surface area contributed by atoms with Gasteiger partial charge in [-0.25, -0.2) is 0 Å². The lowest BCUT2D eigenvalue weighted by Gasteiger charge is -2.47. The highest BCUT2D eigenvalue weighted by Crippen LogP contribution is 2.38. The van der Waals surface area contributed by atoms with Gasteiger partial charge in [0.1, 0.15) is 0 Å².